The molecular weight excluding hydrogens is 605 g/mol. The monoisotopic (exact) mass is 634 g/mol. The van der Waals surface area contributed by atoms with Gasteiger partial charge >= 0.3 is 0 Å². The van der Waals surface area contributed by atoms with Gasteiger partial charge in [0.15, 0.2) is 9.97 Å². The number of rotatable bonds is 8. The Balaban J connectivity index is 1.08. The van der Waals surface area contributed by atoms with Crippen LogP contribution in [0.2, 0.25) is 0 Å². The minimum atomic E-state index is -0.839. The number of carbonyl (C=O) groups excluding carboxylic acids is 3. The van der Waals surface area contributed by atoms with Gasteiger partial charge in [0.25, 0.3) is 11.8 Å². The lowest BCUT2D eigenvalue weighted by Gasteiger charge is -2.26. The lowest BCUT2D eigenvalue weighted by atomic mass is 9.95. The highest BCUT2D eigenvalue weighted by Crippen LogP contribution is 2.29. The molecule has 1 aliphatic carbocycles. The standard InChI is InChI=1S/C34H30N6O3S2/c41-30(25-14-8-7-13-24(25)27-20-40-17-18-44-34(40)38-27)36-23-15-16-26-28(19-23)45-33(37-26)32(43)39-29(21-9-3-1-4-10-21)31(42)35-22-11-5-2-6-12-22/h1,3-4,7-10,13-20,22,29H,2,5-6,11-12H2,(H,35,42)(H,36,41)(H,39,43)/t29-/m0/s1. The number of hydrogen-bond acceptors (Lipinski definition) is 7. The molecule has 3 N–H and O–H groups in total. The number of amides is 3. The molecule has 0 bridgehead atoms. The molecule has 3 heterocycles. The predicted molar refractivity (Wildman–Crippen MR) is 178 cm³/mol. The lowest BCUT2D eigenvalue weighted by molar-refractivity contribution is -0.124. The number of carbonyl (C=O) groups is 3. The maximum absolute atomic E-state index is 13.4. The summed E-state index contributed by atoms with van der Waals surface area (Å²) >= 11 is 2.75. The van der Waals surface area contributed by atoms with Crippen LogP contribution in [0.5, 0.6) is 0 Å². The van der Waals surface area contributed by atoms with E-state index in [2.05, 4.69) is 25.9 Å². The second kappa shape index (κ2) is 12.6. The number of imidazole rings is 1. The van der Waals surface area contributed by atoms with E-state index >= 15 is 0 Å². The van der Waals surface area contributed by atoms with Crippen LogP contribution in [0.25, 0.3) is 26.4 Å². The van der Waals surface area contributed by atoms with Gasteiger partial charge in [-0.05, 0) is 42.7 Å². The van der Waals surface area contributed by atoms with Crippen molar-refractivity contribution in [3.05, 3.63) is 107 Å². The van der Waals surface area contributed by atoms with E-state index in [4.69, 9.17) is 0 Å². The molecule has 0 saturated heterocycles. The highest BCUT2D eigenvalue weighted by molar-refractivity contribution is 7.20. The Labute approximate surface area is 267 Å². The van der Waals surface area contributed by atoms with E-state index in [-0.39, 0.29) is 22.9 Å². The number of benzene rings is 3. The largest absolute Gasteiger partial charge is 0.351 e. The van der Waals surface area contributed by atoms with E-state index < -0.39 is 11.9 Å². The highest BCUT2D eigenvalue weighted by atomic mass is 32.1. The predicted octanol–water partition coefficient (Wildman–Crippen LogP) is 6.84. The van der Waals surface area contributed by atoms with Gasteiger partial charge in [-0.2, -0.15) is 0 Å². The van der Waals surface area contributed by atoms with Crippen molar-refractivity contribution >= 4 is 61.3 Å². The van der Waals surface area contributed by atoms with Crippen molar-refractivity contribution in [2.45, 2.75) is 44.2 Å². The Morgan fingerprint density at radius 2 is 1.69 bits per heavy atom. The minimum absolute atomic E-state index is 0.120. The van der Waals surface area contributed by atoms with Gasteiger partial charge in [0.05, 0.1) is 15.9 Å². The molecule has 1 aliphatic rings. The Kier molecular flexibility index (Phi) is 8.10. The zero-order valence-corrected chi connectivity index (χ0v) is 25.9. The SMILES string of the molecule is O=C(N[C@H](C(=O)NC1CCCCC1)c1ccccc1)c1nc2ccc(NC(=O)c3ccccc3-c3cn4ccsc4n3)cc2s1. The van der Waals surface area contributed by atoms with Gasteiger partial charge in [-0.15, -0.1) is 22.7 Å². The molecule has 0 aliphatic heterocycles. The highest BCUT2D eigenvalue weighted by Gasteiger charge is 2.27. The van der Waals surface area contributed by atoms with E-state index in [1.165, 1.54) is 29.1 Å². The Bertz CT molecular complexity index is 1980. The molecule has 6 aromatic rings. The molecule has 11 heteroatoms. The van der Waals surface area contributed by atoms with Crippen LogP contribution in [0.1, 0.15) is 63.9 Å². The first-order valence-electron chi connectivity index (χ1n) is 14.9. The number of nitrogens with zero attached hydrogens (tertiary/aromatic N) is 3. The summed E-state index contributed by atoms with van der Waals surface area (Å²) in [4.78, 5) is 50.3. The summed E-state index contributed by atoms with van der Waals surface area (Å²) in [6.07, 6.45) is 9.12. The lowest BCUT2D eigenvalue weighted by Crippen LogP contribution is -2.45. The number of hydrogen-bond donors (Lipinski definition) is 3. The molecule has 0 spiro atoms. The van der Waals surface area contributed by atoms with E-state index in [1.54, 1.807) is 24.3 Å². The van der Waals surface area contributed by atoms with Crippen LogP contribution < -0.4 is 16.0 Å². The molecule has 1 atom stereocenters. The van der Waals surface area contributed by atoms with E-state index in [0.29, 0.717) is 22.3 Å². The Morgan fingerprint density at radius 1 is 0.889 bits per heavy atom. The molecular formula is C34H30N6O3S2. The fraction of sp³-hybridized carbons (Fsp3) is 0.206. The summed E-state index contributed by atoms with van der Waals surface area (Å²) in [5.74, 6) is -0.912. The summed E-state index contributed by atoms with van der Waals surface area (Å²) in [6.45, 7) is 0. The Hall–Kier alpha value is -4.87. The smallest absolute Gasteiger partial charge is 0.281 e. The molecule has 1 saturated carbocycles. The number of aromatic nitrogens is 3. The summed E-state index contributed by atoms with van der Waals surface area (Å²) in [7, 11) is 0. The first-order chi connectivity index (χ1) is 22.0. The Morgan fingerprint density at radius 3 is 2.51 bits per heavy atom. The summed E-state index contributed by atoms with van der Waals surface area (Å²) < 4.78 is 2.68. The minimum Gasteiger partial charge on any atom is -0.351 e. The van der Waals surface area contributed by atoms with Crippen molar-refractivity contribution in [2.24, 2.45) is 0 Å². The van der Waals surface area contributed by atoms with Gasteiger partial charge in [0, 0.05) is 40.6 Å². The van der Waals surface area contributed by atoms with Crippen LogP contribution in [0, 0.1) is 0 Å². The van der Waals surface area contributed by atoms with Crippen molar-refractivity contribution in [1.82, 2.24) is 25.0 Å². The molecule has 226 valence electrons. The zero-order chi connectivity index (χ0) is 30.8. The van der Waals surface area contributed by atoms with Crippen molar-refractivity contribution in [3.63, 3.8) is 0 Å². The molecule has 45 heavy (non-hydrogen) atoms. The van der Waals surface area contributed by atoms with Crippen LogP contribution >= 0.6 is 22.7 Å². The number of anilines is 1. The fourth-order valence-electron chi connectivity index (χ4n) is 5.73. The van der Waals surface area contributed by atoms with Gasteiger partial charge in [0.2, 0.25) is 5.91 Å². The van der Waals surface area contributed by atoms with E-state index in [0.717, 1.165) is 46.6 Å². The molecule has 9 nitrogen and oxygen atoms in total. The number of fused-ring (bicyclic) bond motifs is 2. The average molecular weight is 635 g/mol. The van der Waals surface area contributed by atoms with Crippen LogP contribution in [0.4, 0.5) is 5.69 Å². The quantitative estimate of drug-likeness (QED) is 0.169. The number of nitrogens with one attached hydrogen (secondary N) is 3. The number of thiazole rings is 2. The second-order valence-corrected chi connectivity index (χ2v) is 13.0. The third kappa shape index (κ3) is 6.22. The molecule has 3 aromatic heterocycles. The van der Waals surface area contributed by atoms with E-state index in [1.807, 2.05) is 70.7 Å². The topological polar surface area (TPSA) is 117 Å². The molecule has 0 radical (unpaired) electrons. The molecule has 3 aromatic carbocycles. The van der Waals surface area contributed by atoms with Crippen molar-refractivity contribution in [1.29, 1.82) is 0 Å². The van der Waals surface area contributed by atoms with Gasteiger partial charge in [0.1, 0.15) is 6.04 Å². The van der Waals surface area contributed by atoms with Crippen molar-refractivity contribution < 1.29 is 14.4 Å². The third-order valence-electron chi connectivity index (χ3n) is 8.00. The van der Waals surface area contributed by atoms with Gasteiger partial charge in [-0.3, -0.25) is 18.8 Å². The van der Waals surface area contributed by atoms with Gasteiger partial charge in [-0.1, -0.05) is 67.8 Å². The molecule has 0 unspecified atom stereocenters. The van der Waals surface area contributed by atoms with Crippen LogP contribution in [0.3, 0.4) is 0 Å². The van der Waals surface area contributed by atoms with Crippen LogP contribution in [0.15, 0.2) is 90.6 Å². The molecule has 1 fully saturated rings. The van der Waals surface area contributed by atoms with Gasteiger partial charge < -0.3 is 16.0 Å². The third-order valence-corrected chi connectivity index (χ3v) is 9.79. The normalized spacial score (nSPS) is 14.3. The van der Waals surface area contributed by atoms with Crippen molar-refractivity contribution in [3.8, 4) is 11.3 Å². The maximum Gasteiger partial charge on any atom is 0.281 e. The summed E-state index contributed by atoms with van der Waals surface area (Å²) in [6, 6.07) is 21.3. The zero-order valence-electron chi connectivity index (χ0n) is 24.2. The summed E-state index contributed by atoms with van der Waals surface area (Å²) in [5, 5.41) is 11.3. The van der Waals surface area contributed by atoms with E-state index in [9.17, 15) is 14.4 Å². The second-order valence-electron chi connectivity index (χ2n) is 11.1. The van der Waals surface area contributed by atoms with Gasteiger partial charge in [-0.25, -0.2) is 9.97 Å². The van der Waals surface area contributed by atoms with Crippen LogP contribution in [-0.4, -0.2) is 38.1 Å². The first kappa shape index (κ1) is 28.9. The van der Waals surface area contributed by atoms with Crippen molar-refractivity contribution in [2.75, 3.05) is 5.32 Å². The summed E-state index contributed by atoms with van der Waals surface area (Å²) in [5.41, 5.74) is 3.89. The average Bonchev–Trinajstić information content (AvgIpc) is 3.80. The fourth-order valence-corrected chi connectivity index (χ4v) is 7.34. The first-order valence-corrected chi connectivity index (χ1v) is 16.6. The molecule has 7 rings (SSSR count). The molecule has 3 amide bonds. The van der Waals surface area contributed by atoms with Crippen LogP contribution in [-0.2, 0) is 4.79 Å². The maximum atomic E-state index is 13.4.